The van der Waals surface area contributed by atoms with Gasteiger partial charge in [-0.1, -0.05) is 32.0 Å². The summed E-state index contributed by atoms with van der Waals surface area (Å²) in [6.45, 7) is 14.9. The van der Waals surface area contributed by atoms with Crippen LogP contribution in [0.4, 0.5) is 5.69 Å². The van der Waals surface area contributed by atoms with Crippen LogP contribution in [-0.2, 0) is 22.7 Å². The van der Waals surface area contributed by atoms with E-state index < -0.39 is 0 Å². The number of hydrogen-bond donors (Lipinski definition) is 0. The van der Waals surface area contributed by atoms with Gasteiger partial charge in [0.05, 0.1) is 6.54 Å². The molecule has 1 aromatic carbocycles. The molecule has 0 aliphatic carbocycles. The van der Waals surface area contributed by atoms with Gasteiger partial charge in [-0.15, -0.1) is 0 Å². The molecule has 2 heterocycles. The van der Waals surface area contributed by atoms with Crippen LogP contribution in [0.25, 0.3) is 0 Å². The van der Waals surface area contributed by atoms with Crippen molar-refractivity contribution in [2.24, 2.45) is 5.92 Å². The molecule has 0 N–H and O–H groups in total. The van der Waals surface area contributed by atoms with Crippen molar-refractivity contribution in [3.63, 3.8) is 0 Å². The first-order valence-corrected chi connectivity index (χ1v) is 12.0. The number of rotatable bonds is 5. The van der Waals surface area contributed by atoms with E-state index in [0.717, 1.165) is 49.0 Å². The topological polar surface area (TPSA) is 74.6 Å². The molecule has 1 aliphatic rings. The van der Waals surface area contributed by atoms with Gasteiger partial charge >= 0.3 is 0 Å². The molecule has 2 amide bonds. The standard InChI is InChI=1S/C25H38N6O2/c1-19(2)17-28-12-8-13-30(22(5)32)24-10-7-6-9-23(24)18-29(16-15-28)25(33)11-14-31-21(4)26-20(3)27-31/h6-7,9-10,19H,8,11-18H2,1-5H3. The zero-order valence-electron chi connectivity index (χ0n) is 20.8. The molecule has 0 bridgehead atoms. The van der Waals surface area contributed by atoms with Crippen LogP contribution >= 0.6 is 0 Å². The number of carbonyl (C=O) groups is 2. The van der Waals surface area contributed by atoms with Crippen LogP contribution in [0.2, 0.25) is 0 Å². The Labute approximate surface area is 197 Å². The Bertz CT molecular complexity index is 954. The van der Waals surface area contributed by atoms with Crippen molar-refractivity contribution in [3.05, 3.63) is 41.5 Å². The monoisotopic (exact) mass is 454 g/mol. The summed E-state index contributed by atoms with van der Waals surface area (Å²) in [7, 11) is 0. The highest BCUT2D eigenvalue weighted by atomic mass is 16.2. The number of anilines is 1. The van der Waals surface area contributed by atoms with Gasteiger partial charge in [0.25, 0.3) is 0 Å². The van der Waals surface area contributed by atoms with E-state index in [1.165, 1.54) is 0 Å². The highest BCUT2D eigenvalue weighted by Crippen LogP contribution is 2.24. The number of hydrogen-bond acceptors (Lipinski definition) is 5. The summed E-state index contributed by atoms with van der Waals surface area (Å²) in [5.41, 5.74) is 1.91. The zero-order valence-corrected chi connectivity index (χ0v) is 20.8. The number of para-hydroxylation sites is 1. The Morgan fingerprint density at radius 2 is 1.82 bits per heavy atom. The third-order valence-electron chi connectivity index (χ3n) is 6.04. The average Bonchev–Trinajstić information content (AvgIpc) is 3.06. The Kier molecular flexibility index (Phi) is 8.61. The van der Waals surface area contributed by atoms with Crippen molar-refractivity contribution < 1.29 is 9.59 Å². The van der Waals surface area contributed by atoms with Crippen molar-refractivity contribution in [3.8, 4) is 0 Å². The summed E-state index contributed by atoms with van der Waals surface area (Å²) in [5, 5.41) is 4.39. The highest BCUT2D eigenvalue weighted by molar-refractivity contribution is 5.92. The van der Waals surface area contributed by atoms with Crippen LogP contribution in [0.1, 0.15) is 50.8 Å². The first-order chi connectivity index (χ1) is 15.7. The van der Waals surface area contributed by atoms with Crippen molar-refractivity contribution in [1.29, 1.82) is 0 Å². The lowest BCUT2D eigenvalue weighted by atomic mass is 10.1. The third-order valence-corrected chi connectivity index (χ3v) is 6.04. The lowest BCUT2D eigenvalue weighted by Crippen LogP contribution is -2.40. The minimum absolute atomic E-state index is 0.0343. The Balaban J connectivity index is 1.84. The maximum absolute atomic E-state index is 13.4. The Morgan fingerprint density at radius 1 is 1.06 bits per heavy atom. The van der Waals surface area contributed by atoms with E-state index in [1.807, 2.05) is 47.9 Å². The van der Waals surface area contributed by atoms with Crippen molar-refractivity contribution in [2.75, 3.05) is 37.6 Å². The SMILES string of the molecule is CC(=O)N1CCCN(CC(C)C)CCN(C(=O)CCn2nc(C)nc2C)Cc2ccccc21. The molecule has 0 radical (unpaired) electrons. The molecule has 0 spiro atoms. The number of carbonyl (C=O) groups excluding carboxylic acids is 2. The molecular weight excluding hydrogens is 416 g/mol. The maximum Gasteiger partial charge on any atom is 0.224 e. The third kappa shape index (κ3) is 6.87. The molecule has 1 aliphatic heterocycles. The molecule has 1 aromatic heterocycles. The van der Waals surface area contributed by atoms with Crippen LogP contribution in [0.3, 0.4) is 0 Å². The van der Waals surface area contributed by atoms with Crippen molar-refractivity contribution in [2.45, 2.75) is 60.5 Å². The van der Waals surface area contributed by atoms with Crippen molar-refractivity contribution in [1.82, 2.24) is 24.6 Å². The molecule has 0 unspecified atom stereocenters. The molecule has 33 heavy (non-hydrogen) atoms. The smallest absolute Gasteiger partial charge is 0.224 e. The molecule has 0 atom stereocenters. The fraction of sp³-hybridized carbons (Fsp3) is 0.600. The van der Waals surface area contributed by atoms with Gasteiger partial charge in [-0.2, -0.15) is 5.10 Å². The summed E-state index contributed by atoms with van der Waals surface area (Å²) < 4.78 is 1.80. The number of aryl methyl sites for hydroxylation is 3. The predicted molar refractivity (Wildman–Crippen MR) is 130 cm³/mol. The van der Waals surface area contributed by atoms with Gasteiger partial charge in [0.15, 0.2) is 0 Å². The van der Waals surface area contributed by atoms with E-state index in [0.29, 0.717) is 38.5 Å². The number of benzene rings is 1. The second-order valence-corrected chi connectivity index (χ2v) is 9.34. The van der Waals surface area contributed by atoms with Crippen LogP contribution in [0.15, 0.2) is 24.3 Å². The molecule has 180 valence electrons. The summed E-state index contributed by atoms with van der Waals surface area (Å²) in [4.78, 5) is 36.4. The van der Waals surface area contributed by atoms with Gasteiger partial charge in [0.2, 0.25) is 11.8 Å². The van der Waals surface area contributed by atoms with E-state index in [9.17, 15) is 9.59 Å². The van der Waals surface area contributed by atoms with Gasteiger partial charge in [0.1, 0.15) is 11.6 Å². The lowest BCUT2D eigenvalue weighted by molar-refractivity contribution is -0.132. The van der Waals surface area contributed by atoms with Gasteiger partial charge in [0, 0.05) is 51.8 Å². The van der Waals surface area contributed by atoms with Gasteiger partial charge in [-0.3, -0.25) is 9.59 Å². The number of aromatic nitrogens is 3. The first kappa shape index (κ1) is 24.9. The molecule has 8 nitrogen and oxygen atoms in total. The number of nitrogens with zero attached hydrogens (tertiary/aromatic N) is 6. The molecule has 8 heteroatoms. The second kappa shape index (κ2) is 11.4. The summed E-state index contributed by atoms with van der Waals surface area (Å²) in [6, 6.07) is 7.96. The fourth-order valence-electron chi connectivity index (χ4n) is 4.51. The maximum atomic E-state index is 13.4. The number of fused-ring (bicyclic) bond motifs is 1. The van der Waals surface area contributed by atoms with E-state index in [4.69, 9.17) is 0 Å². The quantitative estimate of drug-likeness (QED) is 0.694. The minimum atomic E-state index is 0.0343. The second-order valence-electron chi connectivity index (χ2n) is 9.34. The Morgan fingerprint density at radius 3 is 2.48 bits per heavy atom. The van der Waals surface area contributed by atoms with Crippen LogP contribution in [0, 0.1) is 19.8 Å². The van der Waals surface area contributed by atoms with E-state index >= 15 is 0 Å². The number of amides is 2. The first-order valence-electron chi connectivity index (χ1n) is 12.0. The van der Waals surface area contributed by atoms with Gasteiger partial charge < -0.3 is 14.7 Å². The van der Waals surface area contributed by atoms with E-state index in [1.54, 1.807) is 11.6 Å². The predicted octanol–water partition coefficient (Wildman–Crippen LogP) is 3.03. The summed E-state index contributed by atoms with van der Waals surface area (Å²) >= 11 is 0. The zero-order chi connectivity index (χ0) is 24.0. The summed E-state index contributed by atoms with van der Waals surface area (Å²) in [6.07, 6.45) is 1.27. The fourth-order valence-corrected chi connectivity index (χ4v) is 4.51. The lowest BCUT2D eigenvalue weighted by Gasteiger charge is -2.29. The summed E-state index contributed by atoms with van der Waals surface area (Å²) in [5.74, 6) is 2.21. The van der Waals surface area contributed by atoms with Crippen LogP contribution in [0.5, 0.6) is 0 Å². The molecule has 2 aromatic rings. The normalized spacial score (nSPS) is 15.9. The molecule has 0 saturated heterocycles. The van der Waals surface area contributed by atoms with Crippen LogP contribution in [-0.4, -0.2) is 69.1 Å². The van der Waals surface area contributed by atoms with Gasteiger partial charge in [-0.05, 0) is 44.4 Å². The van der Waals surface area contributed by atoms with Gasteiger partial charge in [-0.25, -0.2) is 9.67 Å². The van der Waals surface area contributed by atoms with E-state index in [2.05, 4.69) is 28.8 Å². The molecule has 0 fully saturated rings. The largest absolute Gasteiger partial charge is 0.337 e. The molecular formula is C25H38N6O2. The van der Waals surface area contributed by atoms with Crippen molar-refractivity contribution >= 4 is 17.5 Å². The van der Waals surface area contributed by atoms with Crippen LogP contribution < -0.4 is 4.90 Å². The highest BCUT2D eigenvalue weighted by Gasteiger charge is 2.22. The average molecular weight is 455 g/mol. The van der Waals surface area contributed by atoms with E-state index in [-0.39, 0.29) is 11.8 Å². The molecule has 3 rings (SSSR count). The Hall–Kier alpha value is -2.74. The molecule has 0 saturated carbocycles. The minimum Gasteiger partial charge on any atom is -0.337 e.